The second kappa shape index (κ2) is 11.9. The number of hydrogen-bond donors (Lipinski definition) is 2. The van der Waals surface area contributed by atoms with Crippen LogP contribution in [0.1, 0.15) is 37.0 Å². The van der Waals surface area contributed by atoms with Gasteiger partial charge in [0.25, 0.3) is 15.9 Å². The van der Waals surface area contributed by atoms with Crippen molar-refractivity contribution in [2.45, 2.75) is 31.7 Å². The Bertz CT molecular complexity index is 1360. The predicted octanol–water partition coefficient (Wildman–Crippen LogP) is 3.63. The highest BCUT2D eigenvalue weighted by Gasteiger charge is 2.27. The third-order valence-electron chi connectivity index (χ3n) is 6.18. The first-order chi connectivity index (χ1) is 18.2. The number of pyridine rings is 1. The number of H-pyrrole nitrogens is 1. The summed E-state index contributed by atoms with van der Waals surface area (Å²) < 4.78 is 52.8. The Hall–Kier alpha value is -3.51. The monoisotopic (exact) mass is 545 g/mol. The molecule has 3 heterocycles. The van der Waals surface area contributed by atoms with Crippen LogP contribution in [0.25, 0.3) is 11.3 Å². The van der Waals surface area contributed by atoms with Crippen molar-refractivity contribution < 1.29 is 27.1 Å². The van der Waals surface area contributed by atoms with Crippen molar-refractivity contribution in [1.82, 2.24) is 19.9 Å². The first-order valence-electron chi connectivity index (χ1n) is 12.4. The Labute approximate surface area is 221 Å². The number of aromatic amines is 1. The average molecular weight is 546 g/mol. The molecule has 3 aromatic rings. The van der Waals surface area contributed by atoms with Crippen LogP contribution in [0.2, 0.25) is 0 Å². The van der Waals surface area contributed by atoms with Crippen molar-refractivity contribution in [1.29, 1.82) is 0 Å². The lowest BCUT2D eigenvalue weighted by atomic mass is 9.97. The number of sulfonamides is 1. The molecule has 1 fully saturated rings. The normalized spacial score (nSPS) is 14.6. The molecular formula is C26H32FN5O5S. The van der Waals surface area contributed by atoms with E-state index in [2.05, 4.69) is 14.9 Å². The van der Waals surface area contributed by atoms with E-state index in [1.54, 1.807) is 19.2 Å². The Kier molecular flexibility index (Phi) is 8.62. The molecule has 1 aromatic carbocycles. The van der Waals surface area contributed by atoms with Gasteiger partial charge in [0.1, 0.15) is 17.4 Å². The topological polar surface area (TPSA) is 127 Å². The van der Waals surface area contributed by atoms with Gasteiger partial charge in [0, 0.05) is 38.4 Å². The van der Waals surface area contributed by atoms with Crippen LogP contribution in [0.15, 0.2) is 47.6 Å². The van der Waals surface area contributed by atoms with E-state index in [0.717, 1.165) is 12.8 Å². The largest absolute Gasteiger partial charge is 0.493 e. The number of amides is 1. The summed E-state index contributed by atoms with van der Waals surface area (Å²) in [5.74, 6) is 0.0458. The van der Waals surface area contributed by atoms with E-state index in [0.29, 0.717) is 55.0 Å². The van der Waals surface area contributed by atoms with E-state index in [1.165, 1.54) is 30.5 Å². The van der Waals surface area contributed by atoms with Crippen LogP contribution in [0, 0.1) is 17.7 Å². The zero-order valence-electron chi connectivity index (χ0n) is 21.6. The molecular weight excluding hydrogens is 513 g/mol. The number of hydrogen-bond acceptors (Lipinski definition) is 8. The lowest BCUT2D eigenvalue weighted by Gasteiger charge is -2.33. The quantitative estimate of drug-likeness (QED) is 0.396. The first kappa shape index (κ1) is 27.5. The summed E-state index contributed by atoms with van der Waals surface area (Å²) in [6.07, 6.45) is 2.92. The van der Waals surface area contributed by atoms with E-state index in [9.17, 15) is 17.6 Å². The molecule has 2 N–H and O–H groups in total. The van der Waals surface area contributed by atoms with Crippen molar-refractivity contribution >= 4 is 21.7 Å². The number of carbonyl (C=O) groups excluding carboxylic acids is 1. The van der Waals surface area contributed by atoms with Crippen molar-refractivity contribution in [3.8, 4) is 17.0 Å². The van der Waals surface area contributed by atoms with E-state index in [4.69, 9.17) is 14.5 Å². The molecule has 0 atom stereocenters. The van der Waals surface area contributed by atoms with Gasteiger partial charge in [0.15, 0.2) is 5.03 Å². The highest BCUT2D eigenvalue weighted by molar-refractivity contribution is 7.90. The average Bonchev–Trinajstić information content (AvgIpc) is 3.44. The van der Waals surface area contributed by atoms with Gasteiger partial charge >= 0.3 is 0 Å². The summed E-state index contributed by atoms with van der Waals surface area (Å²) in [6.45, 7) is 6.27. The molecule has 2 aromatic heterocycles. The van der Waals surface area contributed by atoms with Crippen molar-refractivity contribution in [3.63, 3.8) is 0 Å². The van der Waals surface area contributed by atoms with Gasteiger partial charge in [-0.25, -0.2) is 14.1 Å². The molecule has 1 amide bonds. The number of nitrogens with zero attached hydrogens (tertiary/aromatic N) is 3. The van der Waals surface area contributed by atoms with Gasteiger partial charge in [-0.05, 0) is 55.0 Å². The first-order valence-corrected chi connectivity index (χ1v) is 13.9. The fourth-order valence-corrected chi connectivity index (χ4v) is 5.13. The van der Waals surface area contributed by atoms with E-state index in [1.807, 2.05) is 18.7 Å². The number of nitrogens with one attached hydrogen (secondary N) is 2. The number of aromatic nitrogens is 3. The molecule has 0 unspecified atom stereocenters. The molecule has 1 aliphatic heterocycles. The SMILES string of the molecule is COCC1CCN(c2nc(-c3cc(F)cc(OCC(C)C)c3)ccc2C(=O)NS(=O)(=O)c2ccn[nH]2)CC1. The lowest BCUT2D eigenvalue weighted by Crippen LogP contribution is -2.38. The van der Waals surface area contributed by atoms with Crippen LogP contribution in [-0.4, -0.2) is 62.9 Å². The lowest BCUT2D eigenvalue weighted by molar-refractivity contribution is 0.0981. The number of halogens is 1. The summed E-state index contributed by atoms with van der Waals surface area (Å²) in [5, 5.41) is 5.76. The molecule has 1 aliphatic rings. The summed E-state index contributed by atoms with van der Waals surface area (Å²) in [5.41, 5.74) is 1.01. The maximum absolute atomic E-state index is 14.5. The number of piperidine rings is 1. The third kappa shape index (κ3) is 6.67. The van der Waals surface area contributed by atoms with Crippen LogP contribution >= 0.6 is 0 Å². The van der Waals surface area contributed by atoms with Gasteiger partial charge in [-0.1, -0.05) is 13.8 Å². The van der Waals surface area contributed by atoms with Crippen LogP contribution in [0.4, 0.5) is 10.2 Å². The molecule has 1 saturated heterocycles. The minimum atomic E-state index is -4.16. The maximum atomic E-state index is 14.5. The molecule has 0 radical (unpaired) electrons. The predicted molar refractivity (Wildman–Crippen MR) is 140 cm³/mol. The summed E-state index contributed by atoms with van der Waals surface area (Å²) in [7, 11) is -2.50. The molecule has 4 rings (SSSR count). The number of anilines is 1. The maximum Gasteiger partial charge on any atom is 0.281 e. The van der Waals surface area contributed by atoms with Gasteiger partial charge in [0.2, 0.25) is 0 Å². The molecule has 12 heteroatoms. The van der Waals surface area contributed by atoms with Crippen LogP contribution in [-0.2, 0) is 14.8 Å². The van der Waals surface area contributed by atoms with Crippen molar-refractivity contribution in [2.75, 3.05) is 38.3 Å². The van der Waals surface area contributed by atoms with Gasteiger partial charge in [-0.3, -0.25) is 9.89 Å². The van der Waals surface area contributed by atoms with Crippen molar-refractivity contribution in [2.24, 2.45) is 11.8 Å². The van der Waals surface area contributed by atoms with Crippen LogP contribution in [0.5, 0.6) is 5.75 Å². The number of ether oxygens (including phenoxy) is 2. The smallest absolute Gasteiger partial charge is 0.281 e. The van der Waals surface area contributed by atoms with Gasteiger partial charge in [-0.2, -0.15) is 13.5 Å². The second-order valence-electron chi connectivity index (χ2n) is 9.69. The second-order valence-corrected chi connectivity index (χ2v) is 11.3. The zero-order valence-corrected chi connectivity index (χ0v) is 22.4. The number of methoxy groups -OCH3 is 1. The van der Waals surface area contributed by atoms with Gasteiger partial charge < -0.3 is 14.4 Å². The highest BCUT2D eigenvalue weighted by atomic mass is 32.2. The number of carbonyl (C=O) groups is 1. The molecule has 204 valence electrons. The van der Waals surface area contributed by atoms with E-state index in [-0.39, 0.29) is 16.5 Å². The Morgan fingerprint density at radius 2 is 1.97 bits per heavy atom. The van der Waals surface area contributed by atoms with Gasteiger partial charge in [-0.15, -0.1) is 0 Å². The Balaban J connectivity index is 1.68. The Morgan fingerprint density at radius 1 is 1.21 bits per heavy atom. The molecule has 0 spiro atoms. The Morgan fingerprint density at radius 3 is 2.63 bits per heavy atom. The summed E-state index contributed by atoms with van der Waals surface area (Å²) >= 11 is 0. The third-order valence-corrected chi connectivity index (χ3v) is 7.44. The molecule has 0 aliphatic carbocycles. The standard InChI is InChI=1S/C26H32FN5O5S/c1-17(2)15-37-21-13-19(12-20(27)14-21)23-5-4-22(26(33)31-38(34,35)24-6-9-28-30-24)25(29-23)32-10-7-18(8-11-32)16-36-3/h4-6,9,12-14,17-18H,7-8,10-11,15-16H2,1-3H3,(H,28,30)(H,31,33). The molecule has 0 bridgehead atoms. The highest BCUT2D eigenvalue weighted by Crippen LogP contribution is 2.31. The minimum Gasteiger partial charge on any atom is -0.493 e. The summed E-state index contributed by atoms with van der Waals surface area (Å²) in [6, 6.07) is 8.69. The van der Waals surface area contributed by atoms with Gasteiger partial charge in [0.05, 0.1) is 24.1 Å². The molecule has 0 saturated carbocycles. The fourth-order valence-electron chi connectivity index (χ4n) is 4.26. The minimum absolute atomic E-state index is 0.0923. The fraction of sp³-hybridized carbons (Fsp3) is 0.423. The van der Waals surface area contributed by atoms with E-state index < -0.39 is 21.7 Å². The number of rotatable bonds is 10. The van der Waals surface area contributed by atoms with Crippen LogP contribution in [0.3, 0.4) is 0 Å². The molecule has 10 nitrogen and oxygen atoms in total. The van der Waals surface area contributed by atoms with Crippen LogP contribution < -0.4 is 14.4 Å². The van der Waals surface area contributed by atoms with E-state index >= 15 is 0 Å². The summed E-state index contributed by atoms with van der Waals surface area (Å²) in [4.78, 5) is 19.9. The molecule has 38 heavy (non-hydrogen) atoms. The van der Waals surface area contributed by atoms with Crippen molar-refractivity contribution in [3.05, 3.63) is 54.0 Å². The number of benzene rings is 1. The zero-order chi connectivity index (χ0) is 27.3.